The summed E-state index contributed by atoms with van der Waals surface area (Å²) >= 11 is 0. The van der Waals surface area contributed by atoms with Gasteiger partial charge in [0.05, 0.1) is 0 Å². The number of hydrogen-bond donors (Lipinski definition) is 0. The first-order chi connectivity index (χ1) is 15.4. The van der Waals surface area contributed by atoms with Crippen LogP contribution >= 0.6 is 0 Å². The zero-order chi connectivity index (χ0) is 22.7. The van der Waals surface area contributed by atoms with Gasteiger partial charge in [-0.1, -0.05) is 31.2 Å². The summed E-state index contributed by atoms with van der Waals surface area (Å²) < 4.78 is 13.7. The highest BCUT2D eigenvalue weighted by Crippen LogP contribution is 2.25. The number of halogens is 1. The summed E-state index contributed by atoms with van der Waals surface area (Å²) in [5.41, 5.74) is 4.77. The monoisotopic (exact) mass is 432 g/mol. The lowest BCUT2D eigenvalue weighted by molar-refractivity contribution is 0.0746. The molecule has 1 amide bonds. The molecule has 0 bridgehead atoms. The topological polar surface area (TPSA) is 49.3 Å². The fourth-order valence-corrected chi connectivity index (χ4v) is 4.22. The molecule has 4 rings (SSSR count). The molecule has 3 aromatic rings. The highest BCUT2D eigenvalue weighted by Gasteiger charge is 2.25. The van der Waals surface area contributed by atoms with Crippen LogP contribution in [0.3, 0.4) is 0 Å². The third-order valence-corrected chi connectivity index (χ3v) is 6.05. The van der Waals surface area contributed by atoms with E-state index in [0.29, 0.717) is 32.6 Å². The first kappa shape index (κ1) is 21.9. The molecule has 0 atom stereocenters. The van der Waals surface area contributed by atoms with Crippen molar-refractivity contribution >= 4 is 11.7 Å². The number of anilines is 1. The molecule has 1 aliphatic heterocycles. The van der Waals surface area contributed by atoms with Gasteiger partial charge in [0.15, 0.2) is 0 Å². The van der Waals surface area contributed by atoms with E-state index in [9.17, 15) is 9.18 Å². The van der Waals surface area contributed by atoms with Crippen molar-refractivity contribution in [3.8, 4) is 0 Å². The van der Waals surface area contributed by atoms with Gasteiger partial charge in [-0.15, -0.1) is 0 Å². The molecule has 0 N–H and O–H groups in total. The van der Waals surface area contributed by atoms with Crippen LogP contribution in [-0.2, 0) is 12.8 Å². The first-order valence-corrected chi connectivity index (χ1v) is 11.2. The first-order valence-electron chi connectivity index (χ1n) is 11.2. The molecule has 0 radical (unpaired) electrons. The molecule has 0 spiro atoms. The van der Waals surface area contributed by atoms with Crippen molar-refractivity contribution in [1.29, 1.82) is 0 Å². The number of nitrogens with zero attached hydrogens (tertiary/aromatic N) is 4. The average molecular weight is 433 g/mol. The predicted molar refractivity (Wildman–Crippen MR) is 125 cm³/mol. The predicted octanol–water partition coefficient (Wildman–Crippen LogP) is 4.35. The van der Waals surface area contributed by atoms with Gasteiger partial charge < -0.3 is 9.80 Å². The van der Waals surface area contributed by atoms with Crippen LogP contribution in [0.2, 0.25) is 0 Å². The average Bonchev–Trinajstić information content (AvgIpc) is 2.80. The molecule has 166 valence electrons. The van der Waals surface area contributed by atoms with E-state index in [4.69, 9.17) is 4.98 Å². The van der Waals surface area contributed by atoms with Gasteiger partial charge in [-0.3, -0.25) is 4.79 Å². The second kappa shape index (κ2) is 9.47. The van der Waals surface area contributed by atoms with E-state index in [-0.39, 0.29) is 11.7 Å². The fourth-order valence-electron chi connectivity index (χ4n) is 4.22. The number of aryl methyl sites for hydroxylation is 3. The van der Waals surface area contributed by atoms with E-state index < -0.39 is 0 Å². The molecule has 2 heterocycles. The van der Waals surface area contributed by atoms with Crippen molar-refractivity contribution in [2.75, 3.05) is 31.1 Å². The second-order valence-corrected chi connectivity index (χ2v) is 8.29. The Morgan fingerprint density at radius 3 is 2.34 bits per heavy atom. The van der Waals surface area contributed by atoms with E-state index in [0.717, 1.165) is 40.4 Å². The van der Waals surface area contributed by atoms with E-state index >= 15 is 0 Å². The van der Waals surface area contributed by atoms with Gasteiger partial charge in [-0.2, -0.15) is 0 Å². The Morgan fingerprint density at radius 1 is 0.969 bits per heavy atom. The van der Waals surface area contributed by atoms with Gasteiger partial charge in [-0.25, -0.2) is 14.4 Å². The van der Waals surface area contributed by atoms with Crippen LogP contribution in [0.5, 0.6) is 0 Å². The second-order valence-electron chi connectivity index (χ2n) is 8.29. The van der Waals surface area contributed by atoms with Crippen LogP contribution < -0.4 is 4.90 Å². The van der Waals surface area contributed by atoms with E-state index in [2.05, 4.69) is 16.8 Å². The quantitative estimate of drug-likeness (QED) is 0.602. The Labute approximate surface area is 188 Å². The highest BCUT2D eigenvalue weighted by atomic mass is 19.1. The molecule has 1 aliphatic rings. The number of amides is 1. The number of hydrogen-bond acceptors (Lipinski definition) is 4. The third kappa shape index (κ3) is 4.79. The van der Waals surface area contributed by atoms with Crippen LogP contribution in [-0.4, -0.2) is 47.0 Å². The largest absolute Gasteiger partial charge is 0.353 e. The number of rotatable bonds is 5. The SMILES string of the molecule is CCc1ccc(C(=O)N2CCN(c3nc(C)nc(C)c3Cc3cccc(F)c3)CC2)cc1. The summed E-state index contributed by atoms with van der Waals surface area (Å²) in [7, 11) is 0. The molecule has 32 heavy (non-hydrogen) atoms. The Morgan fingerprint density at radius 2 is 1.69 bits per heavy atom. The molecule has 0 aliphatic carbocycles. The van der Waals surface area contributed by atoms with E-state index in [1.54, 1.807) is 12.1 Å². The zero-order valence-electron chi connectivity index (χ0n) is 18.9. The van der Waals surface area contributed by atoms with Gasteiger partial charge in [0.25, 0.3) is 5.91 Å². The molecule has 1 saturated heterocycles. The zero-order valence-corrected chi connectivity index (χ0v) is 18.9. The Kier molecular flexibility index (Phi) is 6.49. The number of aromatic nitrogens is 2. The van der Waals surface area contributed by atoms with Crippen molar-refractivity contribution in [2.45, 2.75) is 33.6 Å². The Balaban J connectivity index is 1.50. The lowest BCUT2D eigenvalue weighted by Crippen LogP contribution is -2.49. The lowest BCUT2D eigenvalue weighted by atomic mass is 10.0. The lowest BCUT2D eigenvalue weighted by Gasteiger charge is -2.36. The molecular formula is C26H29FN4O. The normalized spacial score (nSPS) is 14.0. The number of carbonyl (C=O) groups is 1. The smallest absolute Gasteiger partial charge is 0.253 e. The summed E-state index contributed by atoms with van der Waals surface area (Å²) in [6.07, 6.45) is 1.53. The minimum atomic E-state index is -0.242. The van der Waals surface area contributed by atoms with Crippen LogP contribution in [0, 0.1) is 19.7 Å². The van der Waals surface area contributed by atoms with E-state index in [1.807, 2.05) is 49.1 Å². The number of carbonyl (C=O) groups excluding carboxylic acids is 1. The van der Waals surface area contributed by atoms with Gasteiger partial charge in [0, 0.05) is 49.4 Å². The summed E-state index contributed by atoms with van der Waals surface area (Å²) in [5, 5.41) is 0. The minimum Gasteiger partial charge on any atom is -0.353 e. The van der Waals surface area contributed by atoms with Crippen LogP contribution in [0.1, 0.15) is 45.5 Å². The van der Waals surface area contributed by atoms with Crippen molar-refractivity contribution in [1.82, 2.24) is 14.9 Å². The molecular weight excluding hydrogens is 403 g/mol. The molecule has 6 heteroatoms. The summed E-state index contributed by atoms with van der Waals surface area (Å²) in [6.45, 7) is 8.64. The van der Waals surface area contributed by atoms with Crippen LogP contribution in [0.25, 0.3) is 0 Å². The van der Waals surface area contributed by atoms with Crippen molar-refractivity contribution in [3.63, 3.8) is 0 Å². The molecule has 2 aromatic carbocycles. The van der Waals surface area contributed by atoms with Gasteiger partial charge in [0.1, 0.15) is 17.5 Å². The maximum Gasteiger partial charge on any atom is 0.253 e. The van der Waals surface area contributed by atoms with Crippen LogP contribution in [0.15, 0.2) is 48.5 Å². The summed E-state index contributed by atoms with van der Waals surface area (Å²) in [4.78, 5) is 26.4. The molecule has 5 nitrogen and oxygen atoms in total. The maximum absolute atomic E-state index is 13.7. The number of benzene rings is 2. The Hall–Kier alpha value is -3.28. The Bertz CT molecular complexity index is 1110. The molecule has 1 aromatic heterocycles. The van der Waals surface area contributed by atoms with Crippen molar-refractivity contribution in [2.24, 2.45) is 0 Å². The van der Waals surface area contributed by atoms with Gasteiger partial charge >= 0.3 is 0 Å². The highest BCUT2D eigenvalue weighted by molar-refractivity contribution is 5.94. The number of piperazine rings is 1. The summed E-state index contributed by atoms with van der Waals surface area (Å²) in [6, 6.07) is 14.5. The van der Waals surface area contributed by atoms with Gasteiger partial charge in [0.2, 0.25) is 0 Å². The maximum atomic E-state index is 13.7. The van der Waals surface area contributed by atoms with Crippen LogP contribution in [0.4, 0.5) is 10.2 Å². The van der Waals surface area contributed by atoms with Crippen molar-refractivity contribution < 1.29 is 9.18 Å². The van der Waals surface area contributed by atoms with E-state index in [1.165, 1.54) is 11.6 Å². The van der Waals surface area contributed by atoms with Crippen molar-refractivity contribution in [3.05, 3.63) is 88.1 Å². The molecule has 0 unspecified atom stereocenters. The van der Waals surface area contributed by atoms with Gasteiger partial charge in [-0.05, 0) is 55.7 Å². The molecule has 1 fully saturated rings. The summed E-state index contributed by atoms with van der Waals surface area (Å²) in [5.74, 6) is 1.44. The molecule has 0 saturated carbocycles. The fraction of sp³-hybridized carbons (Fsp3) is 0.346. The standard InChI is InChI=1S/C26H29FN4O/c1-4-20-8-10-22(11-9-20)26(32)31-14-12-30(13-15-31)25-24(18(2)28-19(3)29-25)17-21-6-5-7-23(27)16-21/h5-11,16H,4,12-15,17H2,1-3H3. The third-order valence-electron chi connectivity index (χ3n) is 6.05. The minimum absolute atomic E-state index is 0.0716.